The number of imidazole rings is 1. The Kier molecular flexibility index (Phi) is 5.22. The highest BCUT2D eigenvalue weighted by molar-refractivity contribution is 5.64. The van der Waals surface area contributed by atoms with Gasteiger partial charge in [0.05, 0.1) is 17.6 Å². The molecule has 5 heterocycles. The molecule has 0 bridgehead atoms. The number of fused-ring (bicyclic) bond motifs is 1. The third kappa shape index (κ3) is 4.30. The Morgan fingerprint density at radius 3 is 2.58 bits per heavy atom. The van der Waals surface area contributed by atoms with E-state index < -0.39 is 0 Å². The summed E-state index contributed by atoms with van der Waals surface area (Å²) in [5.41, 5.74) is 6.10. The van der Waals surface area contributed by atoms with Crippen LogP contribution < -0.4 is 5.32 Å². The van der Waals surface area contributed by atoms with Crippen molar-refractivity contribution in [3.05, 3.63) is 66.1 Å². The highest BCUT2D eigenvalue weighted by Crippen LogP contribution is 2.29. The Balaban J connectivity index is 1.21. The van der Waals surface area contributed by atoms with E-state index in [4.69, 9.17) is 4.98 Å². The molecule has 2 aliphatic rings. The Morgan fingerprint density at radius 1 is 0.970 bits per heavy atom. The zero-order chi connectivity index (χ0) is 22.2. The minimum atomic E-state index is 0.448. The molecule has 6 rings (SSSR count). The summed E-state index contributed by atoms with van der Waals surface area (Å²) in [7, 11) is 0. The van der Waals surface area contributed by atoms with E-state index >= 15 is 0 Å². The molecule has 0 amide bonds. The number of hydrogen-bond acceptors (Lipinski definition) is 7. The van der Waals surface area contributed by atoms with E-state index in [0.29, 0.717) is 12.0 Å². The fourth-order valence-corrected chi connectivity index (χ4v) is 4.93. The van der Waals surface area contributed by atoms with Gasteiger partial charge in [-0.25, -0.2) is 24.9 Å². The first-order valence-electron chi connectivity index (χ1n) is 11.8. The molecule has 4 aromatic rings. The van der Waals surface area contributed by atoms with Crippen LogP contribution in [0.1, 0.15) is 42.4 Å². The van der Waals surface area contributed by atoms with Gasteiger partial charge >= 0.3 is 0 Å². The molecule has 1 aliphatic carbocycles. The largest absolute Gasteiger partial charge is 0.351 e. The Morgan fingerprint density at radius 2 is 1.79 bits per heavy atom. The molecule has 33 heavy (non-hydrogen) atoms. The van der Waals surface area contributed by atoms with Gasteiger partial charge in [0.25, 0.3) is 0 Å². The molecular formula is C25H28N8. The fourth-order valence-electron chi connectivity index (χ4n) is 4.93. The van der Waals surface area contributed by atoms with Crippen molar-refractivity contribution in [2.75, 3.05) is 18.4 Å². The standard InChI is InChI=1S/C25H28N8/c1-17-12-29-25(30-20-2-4-21(5-3-20)32-8-9-32)31-24(17)22-15-28-23-11-18(6-7-33(22)23)10-19-13-26-16-27-14-19/h6-7,11-16,20-21H,2-5,8-10H2,1H3,(H,29,30,31). The van der Waals surface area contributed by atoms with Crippen LogP contribution in [0, 0.1) is 6.92 Å². The van der Waals surface area contributed by atoms with Crippen LogP contribution in [0.15, 0.2) is 49.4 Å². The SMILES string of the molecule is Cc1cnc(NC2CCC(N3CC3)CC2)nc1-c1cnc2cc(Cc3cncnc3)ccn12. The van der Waals surface area contributed by atoms with E-state index in [0.717, 1.165) is 40.6 Å². The maximum atomic E-state index is 4.91. The second-order valence-electron chi connectivity index (χ2n) is 9.24. The zero-order valence-corrected chi connectivity index (χ0v) is 18.9. The van der Waals surface area contributed by atoms with Crippen molar-refractivity contribution in [2.45, 2.75) is 51.1 Å². The number of rotatable bonds is 6. The van der Waals surface area contributed by atoms with Gasteiger partial charge in [-0.15, -0.1) is 0 Å². The third-order valence-corrected chi connectivity index (χ3v) is 6.84. The molecule has 1 saturated carbocycles. The lowest BCUT2D eigenvalue weighted by Gasteiger charge is -2.29. The van der Waals surface area contributed by atoms with E-state index in [9.17, 15) is 0 Å². The van der Waals surface area contributed by atoms with Crippen LogP contribution in [-0.4, -0.2) is 59.4 Å². The number of aromatic nitrogens is 6. The summed E-state index contributed by atoms with van der Waals surface area (Å²) < 4.78 is 2.10. The Bertz CT molecular complexity index is 1260. The van der Waals surface area contributed by atoms with Crippen molar-refractivity contribution in [1.82, 2.24) is 34.2 Å². The first-order valence-corrected chi connectivity index (χ1v) is 11.8. The minimum Gasteiger partial charge on any atom is -0.351 e. The average Bonchev–Trinajstić information content (AvgIpc) is 3.61. The van der Waals surface area contributed by atoms with Crippen molar-refractivity contribution in [1.29, 1.82) is 0 Å². The van der Waals surface area contributed by atoms with Crippen molar-refractivity contribution in [3.63, 3.8) is 0 Å². The minimum absolute atomic E-state index is 0.448. The van der Waals surface area contributed by atoms with Crippen molar-refractivity contribution in [2.24, 2.45) is 0 Å². The molecule has 0 unspecified atom stereocenters. The summed E-state index contributed by atoms with van der Waals surface area (Å²) in [6.45, 7) is 4.63. The van der Waals surface area contributed by atoms with Gasteiger partial charge in [-0.3, -0.25) is 9.30 Å². The molecular weight excluding hydrogens is 412 g/mol. The van der Waals surface area contributed by atoms with Crippen LogP contribution in [0.4, 0.5) is 5.95 Å². The van der Waals surface area contributed by atoms with Gasteiger partial charge in [-0.2, -0.15) is 0 Å². The highest BCUT2D eigenvalue weighted by Gasteiger charge is 2.31. The van der Waals surface area contributed by atoms with Gasteiger partial charge in [-0.05, 0) is 61.4 Å². The van der Waals surface area contributed by atoms with Crippen LogP contribution in [0.2, 0.25) is 0 Å². The number of pyridine rings is 1. The average molecular weight is 441 g/mol. The van der Waals surface area contributed by atoms with Crippen LogP contribution in [0.25, 0.3) is 17.0 Å². The second kappa shape index (κ2) is 8.51. The number of anilines is 1. The Hall–Kier alpha value is -3.39. The smallest absolute Gasteiger partial charge is 0.223 e. The van der Waals surface area contributed by atoms with Gasteiger partial charge in [0.1, 0.15) is 12.0 Å². The molecule has 2 fully saturated rings. The lowest BCUT2D eigenvalue weighted by molar-refractivity contribution is 0.286. The third-order valence-electron chi connectivity index (χ3n) is 6.84. The van der Waals surface area contributed by atoms with Gasteiger partial charge < -0.3 is 5.32 Å². The van der Waals surface area contributed by atoms with Crippen molar-refractivity contribution >= 4 is 11.6 Å². The number of nitrogens with zero attached hydrogens (tertiary/aromatic N) is 7. The van der Waals surface area contributed by atoms with Crippen LogP contribution in [0.5, 0.6) is 0 Å². The fraction of sp³-hybridized carbons (Fsp3) is 0.400. The quantitative estimate of drug-likeness (QED) is 0.459. The maximum absolute atomic E-state index is 4.91. The zero-order valence-electron chi connectivity index (χ0n) is 18.9. The molecule has 0 atom stereocenters. The summed E-state index contributed by atoms with van der Waals surface area (Å²) in [5.74, 6) is 0.710. The molecule has 1 saturated heterocycles. The molecule has 4 aromatic heterocycles. The molecule has 8 heteroatoms. The van der Waals surface area contributed by atoms with Gasteiger partial charge in [0, 0.05) is 56.4 Å². The molecule has 8 nitrogen and oxygen atoms in total. The molecule has 1 N–H and O–H groups in total. The lowest BCUT2D eigenvalue weighted by Crippen LogP contribution is -2.32. The van der Waals surface area contributed by atoms with Crippen LogP contribution >= 0.6 is 0 Å². The summed E-state index contributed by atoms with van der Waals surface area (Å²) in [6, 6.07) is 5.47. The summed E-state index contributed by atoms with van der Waals surface area (Å²) in [4.78, 5) is 24.9. The molecule has 1 aliphatic heterocycles. The van der Waals surface area contributed by atoms with E-state index in [2.05, 4.69) is 59.8 Å². The molecule has 168 valence electrons. The first kappa shape index (κ1) is 20.2. The topological polar surface area (TPSA) is 83.9 Å². The van der Waals surface area contributed by atoms with Gasteiger partial charge in [0.15, 0.2) is 0 Å². The number of nitrogens with one attached hydrogen (secondary N) is 1. The molecule has 0 aromatic carbocycles. The predicted octanol–water partition coefficient (Wildman–Crippen LogP) is 3.52. The second-order valence-corrected chi connectivity index (χ2v) is 9.24. The lowest BCUT2D eigenvalue weighted by atomic mass is 9.91. The summed E-state index contributed by atoms with van der Waals surface area (Å²) in [6.07, 6.45) is 16.8. The predicted molar refractivity (Wildman–Crippen MR) is 127 cm³/mol. The normalized spacial score (nSPS) is 20.8. The van der Waals surface area contributed by atoms with E-state index in [-0.39, 0.29) is 0 Å². The van der Waals surface area contributed by atoms with Crippen molar-refractivity contribution < 1.29 is 0 Å². The summed E-state index contributed by atoms with van der Waals surface area (Å²) in [5, 5.41) is 3.59. The van der Waals surface area contributed by atoms with Gasteiger partial charge in [-0.1, -0.05) is 0 Å². The highest BCUT2D eigenvalue weighted by atomic mass is 15.3. The van der Waals surface area contributed by atoms with E-state index in [1.807, 2.05) is 24.8 Å². The van der Waals surface area contributed by atoms with Crippen LogP contribution in [-0.2, 0) is 6.42 Å². The maximum Gasteiger partial charge on any atom is 0.223 e. The van der Waals surface area contributed by atoms with Crippen LogP contribution in [0.3, 0.4) is 0 Å². The number of hydrogen-bond donors (Lipinski definition) is 1. The monoisotopic (exact) mass is 440 g/mol. The number of aryl methyl sites for hydroxylation is 1. The van der Waals surface area contributed by atoms with Crippen molar-refractivity contribution in [3.8, 4) is 11.4 Å². The van der Waals surface area contributed by atoms with E-state index in [1.54, 1.807) is 6.33 Å². The van der Waals surface area contributed by atoms with E-state index in [1.165, 1.54) is 44.3 Å². The van der Waals surface area contributed by atoms with Gasteiger partial charge in [0.2, 0.25) is 5.95 Å². The Labute approximate surface area is 193 Å². The first-order chi connectivity index (χ1) is 16.2. The molecule has 0 spiro atoms. The summed E-state index contributed by atoms with van der Waals surface area (Å²) >= 11 is 0. The molecule has 0 radical (unpaired) electrons.